The van der Waals surface area contributed by atoms with Gasteiger partial charge in [-0.25, -0.2) is 14.5 Å². The highest BCUT2D eigenvalue weighted by Gasteiger charge is 2.32. The highest BCUT2D eigenvalue weighted by molar-refractivity contribution is 7.88. The van der Waals surface area contributed by atoms with Crippen LogP contribution in [0.25, 0.3) is 11.3 Å². The molecule has 226 valence electrons. The summed E-state index contributed by atoms with van der Waals surface area (Å²) in [5.74, 6) is -0.519. The minimum atomic E-state index is -4.11. The summed E-state index contributed by atoms with van der Waals surface area (Å²) in [6, 6.07) is 8.48. The van der Waals surface area contributed by atoms with Crippen LogP contribution >= 0.6 is 11.3 Å². The summed E-state index contributed by atoms with van der Waals surface area (Å²) in [4.78, 5) is 44.4. The Morgan fingerprint density at radius 1 is 1.17 bits per heavy atom. The molecule has 14 heteroatoms. The van der Waals surface area contributed by atoms with E-state index in [4.69, 9.17) is 4.74 Å². The number of hydrogen-bond donors (Lipinski definition) is 4. The summed E-state index contributed by atoms with van der Waals surface area (Å²) >= 11 is 1.30. The van der Waals surface area contributed by atoms with E-state index in [0.717, 1.165) is 30.6 Å². The molecule has 4 N–H and O–H groups in total. The Hall–Kier alpha value is -3.07. The van der Waals surface area contributed by atoms with Crippen LogP contribution in [0.1, 0.15) is 59.3 Å². The summed E-state index contributed by atoms with van der Waals surface area (Å²) < 4.78 is 33.4. The molecule has 2 atom stereocenters. The number of nitrogens with zero attached hydrogens (tertiary/aromatic N) is 2. The van der Waals surface area contributed by atoms with Crippen molar-refractivity contribution in [1.82, 2.24) is 24.6 Å². The van der Waals surface area contributed by atoms with Gasteiger partial charge in [-0.3, -0.25) is 9.59 Å². The van der Waals surface area contributed by atoms with Crippen LogP contribution in [0.4, 0.5) is 9.93 Å². The summed E-state index contributed by atoms with van der Waals surface area (Å²) in [6.07, 6.45) is 2.69. The van der Waals surface area contributed by atoms with Gasteiger partial charge in [-0.15, -0.1) is 11.3 Å². The Morgan fingerprint density at radius 2 is 1.90 bits per heavy atom. The number of carbonyl (C=O) groups is 3. The van der Waals surface area contributed by atoms with E-state index in [1.807, 2.05) is 40.4 Å². The largest absolute Gasteiger partial charge is 0.443 e. The number of unbranched alkanes of at least 4 members (excludes halogenated alkanes) is 1. The fourth-order valence-electron chi connectivity index (χ4n) is 4.34. The summed E-state index contributed by atoms with van der Waals surface area (Å²) in [7, 11) is -2.49. The molecule has 0 radical (unpaired) electrons. The van der Waals surface area contributed by atoms with Crippen LogP contribution in [-0.2, 0) is 24.5 Å². The van der Waals surface area contributed by atoms with Gasteiger partial charge in [0, 0.05) is 24.5 Å². The number of nitrogens with one attached hydrogen (secondary N) is 4. The lowest BCUT2D eigenvalue weighted by Crippen LogP contribution is -2.53. The topological polar surface area (TPSA) is 159 Å². The van der Waals surface area contributed by atoms with E-state index >= 15 is 0 Å². The standard InChI is InChI=1S/C27H40N6O6S2/c1-27(2,3)39-26(36)32-41(37,38)29-17-11-9-15-22(33(4)24(35)20-14-8-10-16-28-20)23(34)31-25-30-21(18-40-25)19-12-6-5-7-13-19/h5-7,12-13,18,20,22,28-29H,8-11,14-17H2,1-4H3,(H,32,36)(H,30,31,34)/t20?,22-/m0/s1. The van der Waals surface area contributed by atoms with Gasteiger partial charge in [-0.2, -0.15) is 13.1 Å². The van der Waals surface area contributed by atoms with Gasteiger partial charge < -0.3 is 20.3 Å². The maximum Gasteiger partial charge on any atom is 0.422 e. The molecule has 1 aliphatic rings. The van der Waals surface area contributed by atoms with Crippen molar-refractivity contribution >= 4 is 44.6 Å². The van der Waals surface area contributed by atoms with Gasteiger partial charge in [0.2, 0.25) is 11.8 Å². The molecule has 0 spiro atoms. The van der Waals surface area contributed by atoms with Crippen LogP contribution in [-0.4, -0.2) is 74.0 Å². The molecule has 3 rings (SSSR count). The number of piperidine rings is 1. The van der Waals surface area contributed by atoms with Crippen LogP contribution in [0.2, 0.25) is 0 Å². The van der Waals surface area contributed by atoms with E-state index in [9.17, 15) is 22.8 Å². The summed E-state index contributed by atoms with van der Waals surface area (Å²) in [5, 5.41) is 8.38. The number of hydrogen-bond acceptors (Lipinski definition) is 9. The van der Waals surface area contributed by atoms with Crippen LogP contribution in [0.15, 0.2) is 35.7 Å². The van der Waals surface area contributed by atoms with E-state index in [1.165, 1.54) is 16.2 Å². The van der Waals surface area contributed by atoms with Crippen molar-refractivity contribution in [2.24, 2.45) is 0 Å². The number of rotatable bonds is 12. The van der Waals surface area contributed by atoms with Gasteiger partial charge in [0.1, 0.15) is 11.6 Å². The Bertz CT molecular complexity index is 1270. The van der Waals surface area contributed by atoms with E-state index in [-0.39, 0.29) is 24.4 Å². The lowest BCUT2D eigenvalue weighted by molar-refractivity contribution is -0.139. The first kappa shape index (κ1) is 32.4. The van der Waals surface area contributed by atoms with Crippen LogP contribution in [0.5, 0.6) is 0 Å². The van der Waals surface area contributed by atoms with Crippen LogP contribution in [0, 0.1) is 0 Å². The minimum absolute atomic E-state index is 0.0290. The fraction of sp³-hybridized carbons (Fsp3) is 0.556. The maximum absolute atomic E-state index is 13.4. The number of aromatic nitrogens is 1. The normalized spacial score (nSPS) is 16.4. The number of likely N-dealkylation sites (N-methyl/N-ethyl adjacent to an activating group) is 1. The van der Waals surface area contributed by atoms with Gasteiger partial charge in [0.25, 0.3) is 0 Å². The fourth-order valence-corrected chi connectivity index (χ4v) is 5.81. The highest BCUT2D eigenvalue weighted by atomic mass is 32.2. The molecule has 1 aromatic carbocycles. The molecule has 1 saturated heterocycles. The maximum atomic E-state index is 13.4. The van der Waals surface area contributed by atoms with Crippen molar-refractivity contribution in [3.63, 3.8) is 0 Å². The Labute approximate surface area is 245 Å². The second kappa shape index (κ2) is 14.7. The second-order valence-corrected chi connectivity index (χ2v) is 13.2. The highest BCUT2D eigenvalue weighted by Crippen LogP contribution is 2.25. The number of ether oxygens (including phenoxy) is 1. The zero-order valence-electron chi connectivity index (χ0n) is 23.9. The molecule has 41 heavy (non-hydrogen) atoms. The third-order valence-electron chi connectivity index (χ3n) is 6.34. The van der Waals surface area contributed by atoms with E-state index in [1.54, 1.807) is 27.8 Å². The molecule has 2 heterocycles. The Kier molecular flexibility index (Phi) is 11.6. The molecule has 3 amide bonds. The predicted molar refractivity (Wildman–Crippen MR) is 159 cm³/mol. The number of amides is 3. The first-order valence-electron chi connectivity index (χ1n) is 13.7. The number of carbonyl (C=O) groups excluding carboxylic acids is 3. The zero-order chi connectivity index (χ0) is 30.0. The zero-order valence-corrected chi connectivity index (χ0v) is 25.6. The van der Waals surface area contributed by atoms with E-state index in [2.05, 4.69) is 20.3 Å². The van der Waals surface area contributed by atoms with Crippen molar-refractivity contribution in [2.75, 3.05) is 25.5 Å². The van der Waals surface area contributed by atoms with Gasteiger partial charge in [0.15, 0.2) is 5.13 Å². The van der Waals surface area contributed by atoms with Crippen molar-refractivity contribution in [1.29, 1.82) is 0 Å². The Balaban J connectivity index is 1.60. The summed E-state index contributed by atoms with van der Waals surface area (Å²) in [5.41, 5.74) is 0.832. The average Bonchev–Trinajstić information content (AvgIpc) is 3.37. The van der Waals surface area contributed by atoms with Crippen LogP contribution in [0.3, 0.4) is 0 Å². The molecular formula is C27H40N6O6S2. The van der Waals surface area contributed by atoms with Crippen molar-refractivity contribution in [3.05, 3.63) is 35.7 Å². The molecule has 1 unspecified atom stereocenters. The monoisotopic (exact) mass is 608 g/mol. The third kappa shape index (κ3) is 10.7. The lowest BCUT2D eigenvalue weighted by atomic mass is 10.0. The molecule has 2 aromatic rings. The van der Waals surface area contributed by atoms with Crippen molar-refractivity contribution in [2.45, 2.75) is 77.0 Å². The molecule has 1 aliphatic heterocycles. The van der Waals surface area contributed by atoms with Gasteiger partial charge in [-0.1, -0.05) is 36.8 Å². The van der Waals surface area contributed by atoms with Gasteiger partial charge >= 0.3 is 16.3 Å². The predicted octanol–water partition coefficient (Wildman–Crippen LogP) is 3.25. The molecule has 12 nitrogen and oxygen atoms in total. The van der Waals surface area contributed by atoms with Crippen molar-refractivity contribution in [3.8, 4) is 11.3 Å². The van der Waals surface area contributed by atoms with Gasteiger partial charge in [0.05, 0.1) is 11.7 Å². The number of benzene rings is 1. The summed E-state index contributed by atoms with van der Waals surface area (Å²) in [6.45, 7) is 5.66. The lowest BCUT2D eigenvalue weighted by Gasteiger charge is -2.32. The quantitative estimate of drug-likeness (QED) is 0.267. The molecular weight excluding hydrogens is 568 g/mol. The molecule has 0 bridgehead atoms. The van der Waals surface area contributed by atoms with Crippen molar-refractivity contribution < 1.29 is 27.5 Å². The van der Waals surface area contributed by atoms with E-state index in [0.29, 0.717) is 30.8 Å². The average molecular weight is 609 g/mol. The molecule has 0 aliphatic carbocycles. The minimum Gasteiger partial charge on any atom is -0.443 e. The second-order valence-electron chi connectivity index (χ2n) is 10.9. The number of anilines is 1. The van der Waals surface area contributed by atoms with E-state index < -0.39 is 27.9 Å². The first-order chi connectivity index (χ1) is 19.3. The SMILES string of the molecule is CN(C(=O)C1CCCCN1)[C@@H](CCCCNS(=O)(=O)NC(=O)OC(C)(C)C)C(=O)Nc1nc(-c2ccccc2)cs1. The smallest absolute Gasteiger partial charge is 0.422 e. The van der Waals surface area contributed by atoms with Crippen LogP contribution < -0.4 is 20.1 Å². The molecule has 0 saturated carbocycles. The number of thiazole rings is 1. The molecule has 1 fully saturated rings. The van der Waals surface area contributed by atoms with Gasteiger partial charge in [-0.05, 0) is 59.4 Å². The Morgan fingerprint density at radius 3 is 2.56 bits per heavy atom. The molecule has 1 aromatic heterocycles. The third-order valence-corrected chi connectivity index (χ3v) is 8.12. The first-order valence-corrected chi connectivity index (χ1v) is 16.0.